The third-order valence-corrected chi connectivity index (χ3v) is 5.00. The predicted molar refractivity (Wildman–Crippen MR) is 94.5 cm³/mol. The van der Waals surface area contributed by atoms with Gasteiger partial charge in [-0.15, -0.1) is 0 Å². The molecule has 0 fully saturated rings. The molecule has 0 atom stereocenters. The molecule has 1 aliphatic carbocycles. The third-order valence-electron chi connectivity index (χ3n) is 5.00. The number of aromatic nitrogens is 1. The van der Waals surface area contributed by atoms with Gasteiger partial charge in [0.15, 0.2) is 5.78 Å². The molecule has 0 saturated heterocycles. The molecule has 0 spiro atoms. The lowest BCUT2D eigenvalue weighted by molar-refractivity contribution is 0.103. The Morgan fingerprint density at radius 3 is 2.64 bits per heavy atom. The number of fused-ring (bicyclic) bond motifs is 4. The Labute approximate surface area is 144 Å². The SMILES string of the molecule is COc1ccc2c(c1)C(C)(C)c1[nH]c3ccc(N([O-])O)cc3c1C2=O. The van der Waals surface area contributed by atoms with Crippen molar-refractivity contribution in [3.8, 4) is 5.75 Å². The number of benzene rings is 2. The van der Waals surface area contributed by atoms with Crippen molar-refractivity contribution in [3.63, 3.8) is 0 Å². The van der Waals surface area contributed by atoms with Crippen molar-refractivity contribution < 1.29 is 14.7 Å². The van der Waals surface area contributed by atoms with Crippen LogP contribution >= 0.6 is 0 Å². The molecule has 6 nitrogen and oxygen atoms in total. The number of nitrogens with one attached hydrogen (secondary N) is 1. The van der Waals surface area contributed by atoms with Crippen molar-refractivity contribution >= 4 is 22.4 Å². The number of hydrogen-bond donors (Lipinski definition) is 2. The van der Waals surface area contributed by atoms with Crippen LogP contribution < -0.4 is 9.96 Å². The van der Waals surface area contributed by atoms with Crippen molar-refractivity contribution in [3.05, 3.63) is 64.0 Å². The Hall–Kier alpha value is -2.83. The molecule has 25 heavy (non-hydrogen) atoms. The first-order valence-corrected chi connectivity index (χ1v) is 7.90. The van der Waals surface area contributed by atoms with E-state index in [-0.39, 0.29) is 16.7 Å². The maximum absolute atomic E-state index is 13.1. The predicted octanol–water partition coefficient (Wildman–Crippen LogP) is 3.74. The quantitative estimate of drug-likeness (QED) is 0.695. The van der Waals surface area contributed by atoms with E-state index in [1.807, 2.05) is 19.9 Å². The fraction of sp³-hybridized carbons (Fsp3) is 0.211. The molecule has 0 radical (unpaired) electrons. The Bertz CT molecular complexity index is 1020. The Morgan fingerprint density at radius 1 is 1.20 bits per heavy atom. The summed E-state index contributed by atoms with van der Waals surface area (Å²) in [7, 11) is 1.60. The van der Waals surface area contributed by atoms with E-state index in [1.54, 1.807) is 25.3 Å². The zero-order valence-electron chi connectivity index (χ0n) is 14.1. The van der Waals surface area contributed by atoms with Gasteiger partial charge in [-0.3, -0.25) is 10.0 Å². The lowest BCUT2D eigenvalue weighted by Gasteiger charge is -2.32. The number of methoxy groups -OCH3 is 1. The van der Waals surface area contributed by atoms with Gasteiger partial charge in [-0.05, 0) is 42.0 Å². The van der Waals surface area contributed by atoms with E-state index in [1.165, 1.54) is 12.1 Å². The summed E-state index contributed by atoms with van der Waals surface area (Å²) in [6, 6.07) is 10.2. The van der Waals surface area contributed by atoms with Crippen molar-refractivity contribution in [2.24, 2.45) is 0 Å². The van der Waals surface area contributed by atoms with Gasteiger partial charge in [-0.2, -0.15) is 0 Å². The maximum Gasteiger partial charge on any atom is 0.195 e. The molecule has 6 heteroatoms. The van der Waals surface area contributed by atoms with Gasteiger partial charge < -0.3 is 20.2 Å². The van der Waals surface area contributed by atoms with Gasteiger partial charge in [0.25, 0.3) is 0 Å². The van der Waals surface area contributed by atoms with Gasteiger partial charge in [-0.1, -0.05) is 13.8 Å². The normalized spacial score (nSPS) is 15.0. The van der Waals surface area contributed by atoms with Crippen LogP contribution in [0, 0.1) is 5.21 Å². The van der Waals surface area contributed by atoms with E-state index in [9.17, 15) is 15.2 Å². The van der Waals surface area contributed by atoms with Gasteiger partial charge in [0.1, 0.15) is 5.75 Å². The zero-order valence-corrected chi connectivity index (χ0v) is 14.1. The molecule has 128 valence electrons. The standard InChI is InChI=1S/C19H17N2O4/c1-19(2)14-9-11(25-3)5-6-12(14)17(22)16-13-8-10(21(23)24)4-7-15(13)20-18(16)19/h4-9,20,23H,1-3H3/q-1. The fourth-order valence-electron chi connectivity index (χ4n) is 3.64. The fourth-order valence-corrected chi connectivity index (χ4v) is 3.64. The van der Waals surface area contributed by atoms with Gasteiger partial charge in [-0.25, -0.2) is 0 Å². The Kier molecular flexibility index (Phi) is 3.19. The molecule has 0 amide bonds. The van der Waals surface area contributed by atoms with Crippen LogP contribution in [-0.2, 0) is 5.41 Å². The number of carbonyl (C=O) groups excluding carboxylic acids is 1. The molecule has 1 aromatic heterocycles. The van der Waals surface area contributed by atoms with Crippen LogP contribution in [0.3, 0.4) is 0 Å². The van der Waals surface area contributed by atoms with Crippen LogP contribution in [0.4, 0.5) is 5.69 Å². The number of aromatic amines is 1. The highest BCUT2D eigenvalue weighted by Gasteiger charge is 2.39. The second-order valence-electron chi connectivity index (χ2n) is 6.74. The molecule has 2 aromatic carbocycles. The Morgan fingerprint density at radius 2 is 1.96 bits per heavy atom. The minimum Gasteiger partial charge on any atom is -0.733 e. The average Bonchev–Trinajstić information content (AvgIpc) is 2.99. The topological polar surface area (TPSA) is 88.6 Å². The number of nitrogens with zero attached hydrogens (tertiary/aromatic N) is 1. The molecule has 0 aliphatic heterocycles. The summed E-state index contributed by atoms with van der Waals surface area (Å²) in [5, 5.41) is 20.8. The molecular weight excluding hydrogens is 320 g/mol. The molecule has 2 N–H and O–H groups in total. The highest BCUT2D eigenvalue weighted by atomic mass is 16.8. The largest absolute Gasteiger partial charge is 0.733 e. The molecule has 0 bridgehead atoms. The average molecular weight is 337 g/mol. The monoisotopic (exact) mass is 337 g/mol. The van der Waals surface area contributed by atoms with Gasteiger partial charge in [0, 0.05) is 27.6 Å². The van der Waals surface area contributed by atoms with Gasteiger partial charge >= 0.3 is 0 Å². The highest BCUT2D eigenvalue weighted by Crippen LogP contribution is 2.45. The number of anilines is 1. The van der Waals surface area contributed by atoms with E-state index < -0.39 is 5.41 Å². The van der Waals surface area contributed by atoms with E-state index in [4.69, 9.17) is 4.74 Å². The number of hydrogen-bond acceptors (Lipinski definition) is 5. The number of carbonyl (C=O) groups is 1. The summed E-state index contributed by atoms with van der Waals surface area (Å²) in [4.78, 5) is 16.5. The maximum atomic E-state index is 13.1. The Balaban J connectivity index is 2.03. The number of H-pyrrole nitrogens is 1. The number of ketones is 1. The second-order valence-corrected chi connectivity index (χ2v) is 6.74. The molecule has 1 aliphatic rings. The molecule has 3 aromatic rings. The summed E-state index contributed by atoms with van der Waals surface area (Å²) in [6.45, 7) is 4.08. The molecule has 4 rings (SSSR count). The van der Waals surface area contributed by atoms with E-state index in [0.717, 1.165) is 16.8 Å². The molecule has 0 saturated carbocycles. The van der Waals surface area contributed by atoms with Crippen molar-refractivity contribution in [2.75, 3.05) is 12.3 Å². The first-order valence-electron chi connectivity index (χ1n) is 7.90. The minimum atomic E-state index is -0.442. The van der Waals surface area contributed by atoms with Crippen molar-refractivity contribution in [2.45, 2.75) is 19.3 Å². The number of ether oxygens (including phenoxy) is 1. The summed E-state index contributed by atoms with van der Waals surface area (Å²) >= 11 is 0. The van der Waals surface area contributed by atoms with E-state index >= 15 is 0 Å². The smallest absolute Gasteiger partial charge is 0.195 e. The second kappa shape index (κ2) is 5.08. The summed E-state index contributed by atoms with van der Waals surface area (Å²) in [5.74, 6) is 0.592. The van der Waals surface area contributed by atoms with E-state index in [0.29, 0.717) is 22.3 Å². The van der Waals surface area contributed by atoms with Crippen LogP contribution in [0.25, 0.3) is 10.9 Å². The van der Waals surface area contributed by atoms with Crippen LogP contribution in [0.15, 0.2) is 36.4 Å². The lowest BCUT2D eigenvalue weighted by Crippen LogP contribution is -2.30. The molecule has 1 heterocycles. The van der Waals surface area contributed by atoms with Gasteiger partial charge in [0.05, 0.1) is 18.4 Å². The summed E-state index contributed by atoms with van der Waals surface area (Å²) in [6.07, 6.45) is 0. The van der Waals surface area contributed by atoms with Crippen molar-refractivity contribution in [1.82, 2.24) is 4.98 Å². The van der Waals surface area contributed by atoms with Crippen LogP contribution in [0.1, 0.15) is 41.0 Å². The zero-order chi connectivity index (χ0) is 17.9. The third kappa shape index (κ3) is 2.08. The first kappa shape index (κ1) is 15.7. The van der Waals surface area contributed by atoms with E-state index in [2.05, 4.69) is 4.98 Å². The van der Waals surface area contributed by atoms with Crippen LogP contribution in [-0.4, -0.2) is 23.1 Å². The van der Waals surface area contributed by atoms with Crippen molar-refractivity contribution in [1.29, 1.82) is 0 Å². The lowest BCUT2D eigenvalue weighted by atomic mass is 9.71. The van der Waals surface area contributed by atoms with Crippen LogP contribution in [0.5, 0.6) is 5.75 Å². The summed E-state index contributed by atoms with van der Waals surface area (Å²) < 4.78 is 5.31. The first-order chi connectivity index (χ1) is 11.8. The minimum absolute atomic E-state index is 0.0837. The summed E-state index contributed by atoms with van der Waals surface area (Å²) in [5.41, 5.74) is 3.23. The number of rotatable bonds is 2. The van der Waals surface area contributed by atoms with Crippen LogP contribution in [0.2, 0.25) is 0 Å². The highest BCUT2D eigenvalue weighted by molar-refractivity contribution is 6.20. The molecular formula is C19H17N2O4-. The van der Waals surface area contributed by atoms with Gasteiger partial charge in [0.2, 0.25) is 0 Å². The molecule has 0 unspecified atom stereocenters.